The SMILES string of the molecule is CC12C=CC(=O)C=C1CCC1C2[C@@H](O)CC2(C)C1CC[C@]2(O)C(=O)CSc1ccccc1Cl.CC12C[C@H](O)[C@@]3(F)C(CCC4=CC(=O)CCC43C)C1CC[C@]2(O)C(=O)CSc1ccccn1.CCC[C@@H]1O[C@@H]2CC3C4CCC5=CC(=O)C=CC5(C)C4[C@@H](O)CC3(C)[C@]2(C(=O)CSc2ccccn2)O1.C[C@@H]1CC2C3CCC4=CC(=O)C=CC4(C)C3[C@@H](O)CC2(C)[C@@]1(O)C(=O)CSc1nc2ccccc2[nH]1. The zero-order valence-corrected chi connectivity index (χ0v) is 85.3. The minimum atomic E-state index is -1.86. The summed E-state index contributed by atoms with van der Waals surface area (Å²) in [5, 5.41) is 84.7. The summed E-state index contributed by atoms with van der Waals surface area (Å²) >= 11 is 11.7. The maximum absolute atomic E-state index is 17.1. The molecule has 17 aliphatic rings. The number of Topliss-reactive ketones (excluding diaryl/α,β-unsaturated/α-hetero) is 4. The third-order valence-corrected chi connectivity index (χ3v) is 43.7. The summed E-state index contributed by atoms with van der Waals surface area (Å²) in [5.41, 5.74) is -6.26. The maximum Gasteiger partial charge on any atom is 0.178 e. The van der Waals surface area contributed by atoms with E-state index in [4.69, 9.17) is 21.1 Å². The number of thioether (sulfide) groups is 4. The highest BCUT2D eigenvalue weighted by atomic mass is 35.5. The third-order valence-electron chi connectivity index (χ3n) is 39.4. The summed E-state index contributed by atoms with van der Waals surface area (Å²) in [5.74, 6) is 0.418. The number of halogens is 2. The number of benzene rings is 2. The van der Waals surface area contributed by atoms with E-state index in [0.717, 1.165) is 114 Å². The lowest BCUT2D eigenvalue weighted by molar-refractivity contribution is -0.225. The van der Waals surface area contributed by atoms with Crippen LogP contribution in [0.3, 0.4) is 0 Å². The highest BCUT2D eigenvalue weighted by Gasteiger charge is 2.79. The first kappa shape index (κ1) is 101. The van der Waals surface area contributed by atoms with Gasteiger partial charge in [0.2, 0.25) is 0 Å². The van der Waals surface area contributed by atoms with Crippen LogP contribution in [0.2, 0.25) is 5.02 Å². The lowest BCUT2D eigenvalue weighted by Crippen LogP contribution is -2.69. The van der Waals surface area contributed by atoms with E-state index in [2.05, 4.69) is 54.6 Å². The van der Waals surface area contributed by atoms with Gasteiger partial charge in [-0.25, -0.2) is 19.3 Å². The van der Waals surface area contributed by atoms with Crippen molar-refractivity contribution in [1.82, 2.24) is 19.9 Å². The summed E-state index contributed by atoms with van der Waals surface area (Å²) in [6.07, 6.45) is 30.8. The van der Waals surface area contributed by atoms with Gasteiger partial charge in [0.05, 0.1) is 79.6 Å². The molecule has 31 atom stereocenters. The number of nitrogens with one attached hydrogen (secondary N) is 1. The van der Waals surface area contributed by atoms with Gasteiger partial charge in [0.1, 0.15) is 22.5 Å². The summed E-state index contributed by atoms with van der Waals surface area (Å²) in [4.78, 5) is 120. The molecule has 13 fully saturated rings. The van der Waals surface area contributed by atoms with Crippen LogP contribution in [0.25, 0.3) is 11.0 Å². The number of aliphatic hydroxyl groups is 7. The molecule has 4 heterocycles. The summed E-state index contributed by atoms with van der Waals surface area (Å²) in [7, 11) is 0. The van der Waals surface area contributed by atoms with Gasteiger partial charge in [0, 0.05) is 90.7 Å². The first-order chi connectivity index (χ1) is 66.0. The fourth-order valence-corrected chi connectivity index (χ4v) is 36.2. The van der Waals surface area contributed by atoms with Gasteiger partial charge in [-0.05, 0) is 267 Å². The van der Waals surface area contributed by atoms with E-state index < -0.39 is 91.8 Å². The average molecular weight is 1990 g/mol. The zero-order valence-electron chi connectivity index (χ0n) is 81.2. The van der Waals surface area contributed by atoms with Gasteiger partial charge in [0.15, 0.2) is 63.3 Å². The molecule has 19 unspecified atom stereocenters. The van der Waals surface area contributed by atoms with Crippen LogP contribution in [0, 0.1) is 114 Å². The standard InChI is InChI=1S/C30H37NO5S.C29H34N2O4S.C27H31ClO4S.C26H32FNO4S/c1-4-7-26-35-24-15-21-20-10-9-18-14-19(32)11-12-28(18,2)27(20)22(33)16-29(21,3)30(24,36-26)23(34)17-37-25-8-5-6-13-31-25;1-16-12-20-19-9-8-17-13-18(32)10-11-27(17,2)25(19)23(33)14-28(20,3)29(16,35)24(34)15-36-26-30-21-6-4-5-7-22(21)31-26;1-25-11-9-17(29)13-16(25)7-8-18-19-10-12-27(32,26(19,2)14-21(30)24(18)25)23(31)15-33-22-6-4-3-5-20(22)28;1-23-10-8-17(29)13-16(23)6-7-19-18-9-11-25(32,24(18,2)14-20(30)26(19,23)27)21(31)15-33-22-5-3-4-12-28-22/h5-6,8,11-14,20-22,24,26-27,33H,4,7,9-10,15-17H2,1-3H3;4-7,10-11,13,16,19-20,23,25,33,35H,8-9,12,14-15H2,1-3H3,(H,30,31);3-6,9,11,13,18-19,21,24,30,32H,7-8,10,12,14-15H2,1-2H3;3-5,12-13,18-20,30,32H,6-11,14-15H2,1-2H3/t20?,21?,22-,24+,26+,27?,28?,29?,30+;16-,19?,20?,23+,25?,27?,28?,29+;18?,19?,21-,24?,25?,26?,27-;18?,19?,20-,23?,24?,25-,26-/m0100/s1. The number of H-pyrrole nitrogens is 1. The minimum absolute atomic E-state index is 0.00474. The van der Waals surface area contributed by atoms with Crippen LogP contribution >= 0.6 is 58.6 Å². The molecule has 139 heavy (non-hydrogen) atoms. The number of aromatic amines is 1. The molecule has 1 aliphatic heterocycles. The van der Waals surface area contributed by atoms with Gasteiger partial charge in [0.25, 0.3) is 0 Å². The number of carbonyl (C=O) groups is 8. The second kappa shape index (κ2) is 37.2. The van der Waals surface area contributed by atoms with E-state index >= 15 is 4.39 Å². The number of nitrogens with zero attached hydrogens (tertiary/aromatic N) is 3. The smallest absolute Gasteiger partial charge is 0.178 e. The lowest BCUT2D eigenvalue weighted by Gasteiger charge is -2.63. The molecule has 3 aromatic heterocycles. The fourth-order valence-electron chi connectivity index (χ4n) is 32.5. The monoisotopic (exact) mass is 1990 g/mol. The molecule has 0 radical (unpaired) electrons. The largest absolute Gasteiger partial charge is 0.393 e. The molecule has 0 amide bonds. The van der Waals surface area contributed by atoms with E-state index in [1.54, 1.807) is 61.0 Å². The number of fused-ring (bicyclic) bond motifs is 23. The van der Waals surface area contributed by atoms with Gasteiger partial charge >= 0.3 is 0 Å². The number of allylic oxidation sites excluding steroid dienone is 13. The molecule has 22 rings (SSSR count). The molecule has 16 aliphatic carbocycles. The normalized spacial score (nSPS) is 42.9. The van der Waals surface area contributed by atoms with Gasteiger partial charge in [-0.15, -0.1) is 11.8 Å². The fraction of sp³-hybridized carbons (Fsp3) is 0.598. The van der Waals surface area contributed by atoms with Crippen LogP contribution in [-0.2, 0) is 47.8 Å². The Kier molecular flexibility index (Phi) is 26.9. The molecule has 0 bridgehead atoms. The summed E-state index contributed by atoms with van der Waals surface area (Å²) in [6, 6.07) is 26.4. The van der Waals surface area contributed by atoms with Gasteiger partial charge in [-0.3, -0.25) is 38.4 Å². The van der Waals surface area contributed by atoms with Crippen molar-refractivity contribution < 1.29 is 88.0 Å². The van der Waals surface area contributed by atoms with Crippen molar-refractivity contribution in [3.8, 4) is 0 Å². The number of para-hydroxylation sites is 2. The highest BCUT2D eigenvalue weighted by molar-refractivity contribution is 8.00. The van der Waals surface area contributed by atoms with Gasteiger partial charge in [-0.2, -0.15) is 0 Å². The Balaban J connectivity index is 0.000000118. The number of hydrogen-bond donors (Lipinski definition) is 8. The van der Waals surface area contributed by atoms with Crippen molar-refractivity contribution in [2.45, 2.75) is 295 Å². The van der Waals surface area contributed by atoms with Crippen LogP contribution in [0.4, 0.5) is 4.39 Å². The van der Waals surface area contributed by atoms with E-state index in [9.17, 15) is 74.1 Å². The van der Waals surface area contributed by atoms with E-state index in [1.165, 1.54) is 47.0 Å². The van der Waals surface area contributed by atoms with Crippen molar-refractivity contribution in [2.75, 3.05) is 23.0 Å². The Bertz CT molecular complexity index is 5940. The molecule has 21 nitrogen and oxygen atoms in total. The molecule has 8 N–H and O–H groups in total. The molecule has 2 aromatic carbocycles. The number of aliphatic hydroxyl groups excluding tert-OH is 4. The Labute approximate surface area is 836 Å². The number of imidazole rings is 1. The quantitative estimate of drug-likeness (QED) is 0.0378. The zero-order chi connectivity index (χ0) is 98.7. The molecule has 27 heteroatoms. The number of hydrogen-bond acceptors (Lipinski definition) is 24. The Morgan fingerprint density at radius 1 is 0.504 bits per heavy atom. The Morgan fingerprint density at radius 2 is 0.986 bits per heavy atom. The Morgan fingerprint density at radius 3 is 1.53 bits per heavy atom. The molecule has 12 saturated carbocycles. The van der Waals surface area contributed by atoms with Crippen LogP contribution < -0.4 is 0 Å². The predicted octanol–water partition coefficient (Wildman–Crippen LogP) is 18.5. The molecule has 1 saturated heterocycles. The van der Waals surface area contributed by atoms with Crippen molar-refractivity contribution >= 4 is 116 Å². The lowest BCUT2D eigenvalue weighted by atomic mass is 9.44. The van der Waals surface area contributed by atoms with Crippen LogP contribution in [0.1, 0.15) is 210 Å². The van der Waals surface area contributed by atoms with Gasteiger partial charge in [-0.1, -0.05) is 199 Å². The van der Waals surface area contributed by atoms with E-state index in [1.807, 2.05) is 132 Å². The number of pyridine rings is 2. The number of carbonyl (C=O) groups excluding carboxylic acids is 8. The molecule has 5 aromatic rings. The number of rotatable bonds is 18. The number of ether oxygens (including phenoxy) is 2. The molecule has 0 spiro atoms. The van der Waals surface area contributed by atoms with Crippen molar-refractivity contribution in [3.05, 3.63) is 185 Å². The summed E-state index contributed by atoms with van der Waals surface area (Å²) < 4.78 is 30.3. The van der Waals surface area contributed by atoms with Gasteiger partial charge < -0.3 is 50.2 Å². The number of ketones is 8. The van der Waals surface area contributed by atoms with Crippen molar-refractivity contribution in [2.24, 2.45) is 114 Å². The number of alkyl halides is 1. The summed E-state index contributed by atoms with van der Waals surface area (Å²) in [6.45, 7) is 20.5. The average Bonchev–Trinajstić information content (AvgIpc) is 1.50. The molecular formula is C112H134ClFN4O17S4. The number of aromatic nitrogens is 4. The second-order valence-electron chi connectivity index (χ2n) is 45.6. The van der Waals surface area contributed by atoms with E-state index in [0.29, 0.717) is 73.0 Å². The van der Waals surface area contributed by atoms with Crippen LogP contribution in [0.15, 0.2) is 200 Å². The second-order valence-corrected chi connectivity index (χ2v) is 49.9. The van der Waals surface area contributed by atoms with Crippen LogP contribution in [0.5, 0.6) is 0 Å². The highest BCUT2D eigenvalue weighted by Crippen LogP contribution is 2.75. The third kappa shape index (κ3) is 15.9. The first-order valence-corrected chi connectivity index (χ1v) is 54.9. The van der Waals surface area contributed by atoms with Crippen molar-refractivity contribution in [1.29, 1.82) is 0 Å². The van der Waals surface area contributed by atoms with Crippen molar-refractivity contribution in [3.63, 3.8) is 0 Å². The maximum atomic E-state index is 17.1. The van der Waals surface area contributed by atoms with Crippen LogP contribution in [-0.4, -0.2) is 190 Å². The Hall–Kier alpha value is -6.99. The topological polar surface area (TPSA) is 351 Å². The molecule has 742 valence electrons. The minimum Gasteiger partial charge on any atom is -0.393 e. The first-order valence-electron chi connectivity index (χ1n) is 50.6. The van der Waals surface area contributed by atoms with E-state index in [-0.39, 0.29) is 170 Å². The predicted molar refractivity (Wildman–Crippen MR) is 534 cm³/mol. The molecular weight excluding hydrogens is 1860 g/mol.